The Labute approximate surface area is 226 Å². The third-order valence-electron chi connectivity index (χ3n) is 6.29. The van der Waals surface area contributed by atoms with Crippen LogP contribution in [0.3, 0.4) is 0 Å². The zero-order chi connectivity index (χ0) is 26.9. The summed E-state index contributed by atoms with van der Waals surface area (Å²) in [6.45, 7) is 0.0892. The number of H-pyrrole nitrogens is 1. The van der Waals surface area contributed by atoms with Crippen molar-refractivity contribution in [2.45, 2.75) is 13.1 Å². The highest BCUT2D eigenvalue weighted by Gasteiger charge is 2.17. The quantitative estimate of drug-likeness (QED) is 0.317. The zero-order valence-electron chi connectivity index (χ0n) is 20.7. The van der Waals surface area contributed by atoms with Crippen LogP contribution in [0, 0.1) is 0 Å². The Morgan fingerprint density at radius 3 is 2.46 bits per heavy atom. The maximum Gasteiger partial charge on any atom is 0.355 e. The molecule has 0 radical (unpaired) electrons. The maximum atomic E-state index is 13.7. The van der Waals surface area contributed by atoms with E-state index in [1.807, 2.05) is 67.8 Å². The predicted molar refractivity (Wildman–Crippen MR) is 148 cm³/mol. The zero-order valence-corrected chi connectivity index (χ0v) is 21.5. The number of aromatic nitrogens is 8. The molecule has 0 aliphatic heterocycles. The largest absolute Gasteiger partial charge is 0.355 e. The summed E-state index contributed by atoms with van der Waals surface area (Å²) >= 11 is 6.53. The highest BCUT2D eigenvalue weighted by molar-refractivity contribution is 6.34. The fraction of sp³-hybridized carbons (Fsp3) is 0.111. The Balaban J connectivity index is 1.41. The lowest BCUT2D eigenvalue weighted by atomic mass is 10.0. The molecule has 2 N–H and O–H groups in total. The number of benzene rings is 3. The van der Waals surface area contributed by atoms with E-state index in [0.29, 0.717) is 16.4 Å². The topological polar surface area (TPSA) is 128 Å². The minimum Gasteiger partial charge on any atom is -0.324 e. The maximum absolute atomic E-state index is 13.7. The van der Waals surface area contributed by atoms with Crippen LogP contribution >= 0.6 is 11.6 Å². The van der Waals surface area contributed by atoms with Crippen LogP contribution in [-0.2, 0) is 20.1 Å². The monoisotopic (exact) mass is 539 g/mol. The van der Waals surface area contributed by atoms with Gasteiger partial charge in [0, 0.05) is 18.6 Å². The molecule has 0 amide bonds. The van der Waals surface area contributed by atoms with Gasteiger partial charge in [0.15, 0.2) is 0 Å². The molecule has 6 rings (SSSR count). The summed E-state index contributed by atoms with van der Waals surface area (Å²) in [5, 5.41) is 18.9. The van der Waals surface area contributed by atoms with Gasteiger partial charge in [0.2, 0.25) is 5.95 Å². The number of fused-ring (bicyclic) bond motifs is 1. The molecule has 0 aliphatic carbocycles. The van der Waals surface area contributed by atoms with E-state index < -0.39 is 11.4 Å². The molecule has 39 heavy (non-hydrogen) atoms. The summed E-state index contributed by atoms with van der Waals surface area (Å²) in [5.74, 6) is 0.0682. The second-order valence-corrected chi connectivity index (χ2v) is 9.42. The van der Waals surface area contributed by atoms with Gasteiger partial charge in [-0.05, 0) is 28.8 Å². The van der Waals surface area contributed by atoms with E-state index in [2.05, 4.69) is 30.8 Å². The molecular weight excluding hydrogens is 518 g/mol. The van der Waals surface area contributed by atoms with E-state index in [1.54, 1.807) is 16.8 Å². The number of aryl methyl sites for hydroxylation is 1. The molecule has 194 valence electrons. The van der Waals surface area contributed by atoms with Gasteiger partial charge < -0.3 is 5.32 Å². The number of rotatable bonds is 7. The molecule has 3 aromatic heterocycles. The molecule has 0 aliphatic rings. The molecule has 0 bridgehead atoms. The second-order valence-electron chi connectivity index (χ2n) is 9.02. The van der Waals surface area contributed by atoms with Gasteiger partial charge in [-0.15, -0.1) is 0 Å². The van der Waals surface area contributed by atoms with E-state index in [1.165, 1.54) is 10.8 Å². The fourth-order valence-electron chi connectivity index (χ4n) is 4.37. The lowest BCUT2D eigenvalue weighted by Gasteiger charge is -2.16. The van der Waals surface area contributed by atoms with Crippen LogP contribution in [0.5, 0.6) is 0 Å². The number of halogens is 1. The molecular formula is C27H22ClN9O2. The highest BCUT2D eigenvalue weighted by atomic mass is 35.5. The molecule has 11 nitrogen and oxygen atoms in total. The van der Waals surface area contributed by atoms with Crippen molar-refractivity contribution in [2.24, 2.45) is 7.05 Å². The van der Waals surface area contributed by atoms with E-state index in [0.717, 1.165) is 32.2 Å². The van der Waals surface area contributed by atoms with Crippen molar-refractivity contribution in [3.63, 3.8) is 0 Å². The van der Waals surface area contributed by atoms with Gasteiger partial charge in [0.25, 0.3) is 0 Å². The molecule has 6 aromatic rings. The van der Waals surface area contributed by atoms with Gasteiger partial charge in [0.05, 0.1) is 35.5 Å². The summed E-state index contributed by atoms with van der Waals surface area (Å²) < 4.78 is 4.11. The van der Waals surface area contributed by atoms with Crippen molar-refractivity contribution in [1.29, 1.82) is 0 Å². The molecule has 0 saturated carbocycles. The minimum atomic E-state index is -0.722. The standard InChI is InChI=1S/C27H22ClN9O2/c1-35-15-20-11-24(22(28)12-23(20)33-35)30-25-31-26(38)37(16-21-13-29-34-32-21)27(39)36(25)14-17-7-9-19(10-8-17)18-5-3-2-4-6-18/h2-13,15H,14,16H2,1H3,(H,29,32,34)(H,30,31,38). The Hall–Kier alpha value is -5.03. The van der Waals surface area contributed by atoms with Crippen LogP contribution < -0.4 is 16.7 Å². The third-order valence-corrected chi connectivity index (χ3v) is 6.60. The smallest absolute Gasteiger partial charge is 0.324 e. The van der Waals surface area contributed by atoms with Crippen LogP contribution in [0.25, 0.3) is 22.0 Å². The predicted octanol–water partition coefficient (Wildman–Crippen LogP) is 3.57. The summed E-state index contributed by atoms with van der Waals surface area (Å²) in [5.41, 5.74) is 3.36. The Kier molecular flexibility index (Phi) is 6.25. The average molecular weight is 540 g/mol. The van der Waals surface area contributed by atoms with Crippen LogP contribution in [0.4, 0.5) is 11.6 Å². The number of anilines is 2. The summed E-state index contributed by atoms with van der Waals surface area (Å²) in [4.78, 5) is 30.9. The van der Waals surface area contributed by atoms with Crippen molar-refractivity contribution in [3.8, 4) is 11.1 Å². The first-order valence-electron chi connectivity index (χ1n) is 12.1. The van der Waals surface area contributed by atoms with Gasteiger partial charge in [-0.25, -0.2) is 14.2 Å². The van der Waals surface area contributed by atoms with E-state index in [9.17, 15) is 9.59 Å². The van der Waals surface area contributed by atoms with E-state index in [-0.39, 0.29) is 19.0 Å². The molecule has 3 heterocycles. The van der Waals surface area contributed by atoms with Gasteiger partial charge in [0.1, 0.15) is 5.69 Å². The third kappa shape index (κ3) is 4.94. The van der Waals surface area contributed by atoms with Gasteiger partial charge in [-0.2, -0.15) is 25.5 Å². The number of aromatic amines is 1. The second kappa shape index (κ2) is 10.0. The molecule has 12 heteroatoms. The first kappa shape index (κ1) is 24.3. The summed E-state index contributed by atoms with van der Waals surface area (Å²) in [6.07, 6.45) is 3.30. The fourth-order valence-corrected chi connectivity index (χ4v) is 4.57. The van der Waals surface area contributed by atoms with Gasteiger partial charge >= 0.3 is 11.4 Å². The number of nitrogens with zero attached hydrogens (tertiary/aromatic N) is 7. The van der Waals surface area contributed by atoms with Crippen molar-refractivity contribution >= 4 is 34.1 Å². The van der Waals surface area contributed by atoms with Gasteiger partial charge in [-0.1, -0.05) is 66.2 Å². The number of nitrogens with one attached hydrogen (secondary N) is 2. The lowest BCUT2D eigenvalue weighted by molar-refractivity contribution is 0.583. The van der Waals surface area contributed by atoms with Crippen LogP contribution in [0.2, 0.25) is 5.02 Å². The van der Waals surface area contributed by atoms with Crippen molar-refractivity contribution < 1.29 is 0 Å². The van der Waals surface area contributed by atoms with Crippen LogP contribution in [0.1, 0.15) is 11.3 Å². The van der Waals surface area contributed by atoms with Gasteiger partial charge in [-0.3, -0.25) is 9.25 Å². The SMILES string of the molecule is Cn1cc2cc(Nc3nc(=O)n(Cc4cn[nH]n4)c(=O)n3Cc3ccc(-c4ccccc4)cc3)c(Cl)cc2n1. The highest BCUT2D eigenvalue weighted by Crippen LogP contribution is 2.29. The molecule has 0 atom stereocenters. The Bertz CT molecular complexity index is 1890. The van der Waals surface area contributed by atoms with Crippen molar-refractivity contribution in [2.75, 3.05) is 5.32 Å². The van der Waals surface area contributed by atoms with Crippen molar-refractivity contribution in [3.05, 3.63) is 116 Å². The van der Waals surface area contributed by atoms with E-state index in [4.69, 9.17) is 11.6 Å². The number of hydrogen-bond donors (Lipinski definition) is 2. The summed E-state index contributed by atoms with van der Waals surface area (Å²) in [7, 11) is 1.82. The lowest BCUT2D eigenvalue weighted by Crippen LogP contribution is -2.43. The normalized spacial score (nSPS) is 11.2. The Morgan fingerprint density at radius 1 is 0.949 bits per heavy atom. The van der Waals surface area contributed by atoms with Crippen LogP contribution in [0.15, 0.2) is 88.7 Å². The molecule has 0 unspecified atom stereocenters. The Morgan fingerprint density at radius 2 is 1.72 bits per heavy atom. The minimum absolute atomic E-state index is 0.0682. The number of hydrogen-bond acceptors (Lipinski definition) is 7. The average Bonchev–Trinajstić information content (AvgIpc) is 3.58. The summed E-state index contributed by atoms with van der Waals surface area (Å²) in [6, 6.07) is 21.4. The molecule has 0 fully saturated rings. The molecule has 3 aromatic carbocycles. The van der Waals surface area contributed by atoms with Crippen LogP contribution in [-0.4, -0.2) is 39.3 Å². The molecule has 0 spiro atoms. The molecule has 0 saturated heterocycles. The van der Waals surface area contributed by atoms with E-state index >= 15 is 0 Å². The first-order chi connectivity index (χ1) is 18.9. The first-order valence-corrected chi connectivity index (χ1v) is 12.4. The van der Waals surface area contributed by atoms with Crippen molar-refractivity contribution in [1.82, 2.24) is 39.3 Å².